The molecule has 8 aromatic carbocycles. The summed E-state index contributed by atoms with van der Waals surface area (Å²) in [5, 5.41) is 4.43. The molecule has 11 rings (SSSR count). The summed E-state index contributed by atoms with van der Waals surface area (Å²) in [6, 6.07) is 67.4. The average Bonchev–Trinajstić information content (AvgIpc) is 3.81. The number of para-hydroxylation sites is 3. The van der Waals surface area contributed by atoms with Crippen LogP contribution in [0.15, 0.2) is 199 Å². The minimum Gasteiger partial charge on any atom is -0.455 e. The predicted octanol–water partition coefficient (Wildman–Crippen LogP) is 13.2. The Morgan fingerprint density at radius 3 is 1.46 bits per heavy atom. The van der Waals surface area contributed by atoms with Gasteiger partial charge in [-0.05, 0) is 52.6 Å². The lowest BCUT2D eigenvalue weighted by molar-refractivity contribution is 0.670. The van der Waals surface area contributed by atoms with Crippen molar-refractivity contribution in [3.8, 4) is 62.1 Å². The summed E-state index contributed by atoms with van der Waals surface area (Å²) in [6.07, 6.45) is 0. The molecule has 11 aromatic rings. The van der Waals surface area contributed by atoms with Gasteiger partial charge >= 0.3 is 0 Å². The fraction of sp³-hybridized carbons (Fsp3) is 0. The van der Waals surface area contributed by atoms with Gasteiger partial charge in [-0.1, -0.05) is 158 Å². The zero-order chi connectivity index (χ0) is 37.0. The number of hydrogen-bond donors (Lipinski definition) is 0. The van der Waals surface area contributed by atoms with Gasteiger partial charge in [0.2, 0.25) is 0 Å². The van der Waals surface area contributed by atoms with Gasteiger partial charge in [0.1, 0.15) is 11.2 Å². The molecule has 0 saturated carbocycles. The zero-order valence-corrected chi connectivity index (χ0v) is 30.2. The van der Waals surface area contributed by atoms with Crippen LogP contribution < -0.4 is 0 Å². The smallest absolute Gasteiger partial charge is 0.167 e. The second-order valence-corrected chi connectivity index (χ2v) is 14.0. The molecule has 0 aliphatic carbocycles. The molecule has 0 aliphatic heterocycles. The molecule has 0 spiro atoms. The van der Waals surface area contributed by atoms with Gasteiger partial charge in [-0.25, -0.2) is 15.0 Å². The Morgan fingerprint density at radius 1 is 0.339 bits per heavy atom. The van der Waals surface area contributed by atoms with Crippen molar-refractivity contribution in [2.24, 2.45) is 0 Å². The van der Waals surface area contributed by atoms with E-state index < -0.39 is 0 Å². The quantitative estimate of drug-likeness (QED) is 0.172. The van der Waals surface area contributed by atoms with E-state index in [-0.39, 0.29) is 0 Å². The van der Waals surface area contributed by atoms with Crippen LogP contribution in [0, 0.1) is 0 Å². The summed E-state index contributed by atoms with van der Waals surface area (Å²) in [7, 11) is 0. The first-order valence-corrected chi connectivity index (χ1v) is 18.8. The third-order valence-corrected chi connectivity index (χ3v) is 10.7. The molecule has 0 saturated heterocycles. The van der Waals surface area contributed by atoms with Crippen LogP contribution in [0.1, 0.15) is 0 Å². The number of hydrogen-bond acceptors (Lipinski definition) is 4. The molecule has 3 aromatic heterocycles. The van der Waals surface area contributed by atoms with E-state index in [4.69, 9.17) is 19.4 Å². The Kier molecular flexibility index (Phi) is 7.42. The molecule has 262 valence electrons. The molecule has 5 nitrogen and oxygen atoms in total. The van der Waals surface area contributed by atoms with Crippen molar-refractivity contribution in [2.45, 2.75) is 0 Å². The Morgan fingerprint density at radius 2 is 0.839 bits per heavy atom. The van der Waals surface area contributed by atoms with Crippen LogP contribution >= 0.6 is 0 Å². The second-order valence-electron chi connectivity index (χ2n) is 14.0. The summed E-state index contributed by atoms with van der Waals surface area (Å²) in [5.41, 5.74) is 12.1. The average molecular weight is 717 g/mol. The highest BCUT2D eigenvalue weighted by Crippen LogP contribution is 2.41. The minimum atomic E-state index is 0.553. The van der Waals surface area contributed by atoms with Crippen LogP contribution in [0.5, 0.6) is 0 Å². The maximum absolute atomic E-state index is 6.84. The van der Waals surface area contributed by atoms with Crippen molar-refractivity contribution in [2.75, 3.05) is 0 Å². The first kappa shape index (κ1) is 31.9. The van der Waals surface area contributed by atoms with Gasteiger partial charge in [0.25, 0.3) is 0 Å². The fourth-order valence-electron chi connectivity index (χ4n) is 7.93. The molecule has 0 atom stereocenters. The van der Waals surface area contributed by atoms with Gasteiger partial charge in [-0.15, -0.1) is 0 Å². The Labute approximate surface area is 322 Å². The van der Waals surface area contributed by atoms with Gasteiger partial charge in [0, 0.05) is 44.4 Å². The molecule has 0 radical (unpaired) electrons. The maximum atomic E-state index is 6.84. The van der Waals surface area contributed by atoms with Crippen LogP contribution in [0.4, 0.5) is 0 Å². The molecular formula is C51H32N4O. The van der Waals surface area contributed by atoms with Crippen molar-refractivity contribution < 1.29 is 4.42 Å². The lowest BCUT2D eigenvalue weighted by Gasteiger charge is -2.10. The lowest BCUT2D eigenvalue weighted by Crippen LogP contribution is -2.00. The van der Waals surface area contributed by atoms with E-state index in [9.17, 15) is 0 Å². The molecule has 0 bridgehead atoms. The Bertz CT molecular complexity index is 3100. The first-order chi connectivity index (χ1) is 27.7. The minimum absolute atomic E-state index is 0.553. The molecule has 0 unspecified atom stereocenters. The van der Waals surface area contributed by atoms with Crippen LogP contribution in [0.2, 0.25) is 0 Å². The molecule has 0 aliphatic rings. The van der Waals surface area contributed by atoms with Crippen molar-refractivity contribution in [1.29, 1.82) is 0 Å². The first-order valence-electron chi connectivity index (χ1n) is 18.8. The standard InChI is InChI=1S/C51H32N4O/c1-4-13-33(14-5-1)35-23-27-37(28-24-35)49-52-50(38-29-25-36(26-30-38)34-15-6-2-7-16-34)54-51(53-49)42-21-12-20-41-44-31-43-40-19-10-11-22-45(40)55(39-17-8-3-9-18-39)46(43)32-47(44)56-48(41)42/h1-32H. The highest BCUT2D eigenvalue weighted by molar-refractivity contribution is 6.18. The third kappa shape index (κ3) is 5.37. The van der Waals surface area contributed by atoms with E-state index in [1.807, 2.05) is 24.3 Å². The summed E-state index contributed by atoms with van der Waals surface area (Å²) in [6.45, 7) is 0. The number of benzene rings is 8. The number of nitrogens with zero attached hydrogens (tertiary/aromatic N) is 4. The number of rotatable bonds is 6. The van der Waals surface area contributed by atoms with E-state index in [0.29, 0.717) is 17.5 Å². The summed E-state index contributed by atoms with van der Waals surface area (Å²) in [5.74, 6) is 1.75. The number of fused-ring (bicyclic) bond motifs is 6. The summed E-state index contributed by atoms with van der Waals surface area (Å²) >= 11 is 0. The fourth-order valence-corrected chi connectivity index (χ4v) is 7.93. The van der Waals surface area contributed by atoms with E-state index in [0.717, 1.165) is 77.6 Å². The van der Waals surface area contributed by atoms with Crippen LogP contribution in [0.3, 0.4) is 0 Å². The van der Waals surface area contributed by atoms with Gasteiger partial charge in [-0.3, -0.25) is 0 Å². The van der Waals surface area contributed by atoms with Crippen molar-refractivity contribution >= 4 is 43.7 Å². The van der Waals surface area contributed by atoms with Gasteiger partial charge in [0.05, 0.1) is 16.6 Å². The maximum Gasteiger partial charge on any atom is 0.167 e. The van der Waals surface area contributed by atoms with Crippen molar-refractivity contribution in [1.82, 2.24) is 19.5 Å². The molecular weight excluding hydrogens is 685 g/mol. The molecule has 0 fully saturated rings. The van der Waals surface area contributed by atoms with Crippen LogP contribution in [0.25, 0.3) is 106 Å². The normalized spacial score (nSPS) is 11.6. The van der Waals surface area contributed by atoms with E-state index in [1.165, 1.54) is 10.8 Å². The van der Waals surface area contributed by atoms with E-state index in [2.05, 4.69) is 174 Å². The summed E-state index contributed by atoms with van der Waals surface area (Å²) < 4.78 is 9.15. The highest BCUT2D eigenvalue weighted by atomic mass is 16.3. The SMILES string of the molecule is c1ccc(-c2ccc(-c3nc(-c4ccc(-c5ccccc5)cc4)nc(-c4cccc5c4oc4cc6c(cc45)c4ccccc4n6-c4ccccc4)n3)cc2)cc1. The van der Waals surface area contributed by atoms with Crippen LogP contribution in [-0.2, 0) is 0 Å². The monoisotopic (exact) mass is 716 g/mol. The Balaban J connectivity index is 1.09. The molecule has 3 heterocycles. The molecule has 0 N–H and O–H groups in total. The van der Waals surface area contributed by atoms with E-state index >= 15 is 0 Å². The predicted molar refractivity (Wildman–Crippen MR) is 229 cm³/mol. The highest BCUT2D eigenvalue weighted by Gasteiger charge is 2.20. The molecule has 5 heteroatoms. The van der Waals surface area contributed by atoms with Crippen LogP contribution in [-0.4, -0.2) is 19.5 Å². The zero-order valence-electron chi connectivity index (χ0n) is 30.2. The second kappa shape index (κ2) is 13.0. The number of furan rings is 1. The van der Waals surface area contributed by atoms with Gasteiger partial charge in [-0.2, -0.15) is 0 Å². The Hall–Kier alpha value is -7.63. The topological polar surface area (TPSA) is 56.7 Å². The third-order valence-electron chi connectivity index (χ3n) is 10.7. The van der Waals surface area contributed by atoms with Crippen molar-refractivity contribution in [3.05, 3.63) is 194 Å². The summed E-state index contributed by atoms with van der Waals surface area (Å²) in [4.78, 5) is 15.4. The van der Waals surface area contributed by atoms with Gasteiger partial charge in [0.15, 0.2) is 17.5 Å². The van der Waals surface area contributed by atoms with Gasteiger partial charge < -0.3 is 8.98 Å². The number of aromatic nitrogens is 4. The molecule has 56 heavy (non-hydrogen) atoms. The lowest BCUT2D eigenvalue weighted by atomic mass is 10.0. The molecule has 0 amide bonds. The van der Waals surface area contributed by atoms with E-state index in [1.54, 1.807) is 0 Å². The largest absolute Gasteiger partial charge is 0.455 e. The van der Waals surface area contributed by atoms with Crippen molar-refractivity contribution in [3.63, 3.8) is 0 Å².